The molecule has 2 rings (SSSR count). The Balaban J connectivity index is 2.41. The third-order valence-electron chi connectivity index (χ3n) is 3.15. The maximum Gasteiger partial charge on any atom is 0.111 e. The summed E-state index contributed by atoms with van der Waals surface area (Å²) in [5.41, 5.74) is 9.04. The zero-order valence-electron chi connectivity index (χ0n) is 9.40. The van der Waals surface area contributed by atoms with Crippen molar-refractivity contribution in [3.8, 4) is 0 Å². The second-order valence-corrected chi connectivity index (χ2v) is 4.45. The molecule has 4 heteroatoms. The van der Waals surface area contributed by atoms with Gasteiger partial charge in [-0.25, -0.2) is 0 Å². The molecule has 2 unspecified atom stereocenters. The molecule has 0 aliphatic heterocycles. The predicted molar refractivity (Wildman–Crippen MR) is 58.5 cm³/mol. The van der Waals surface area contributed by atoms with Crippen molar-refractivity contribution in [2.45, 2.75) is 44.8 Å². The molecule has 1 aromatic rings. The van der Waals surface area contributed by atoms with Gasteiger partial charge >= 0.3 is 0 Å². The van der Waals surface area contributed by atoms with E-state index in [1.807, 2.05) is 14.0 Å². The number of aliphatic hydroxyl groups excluding tert-OH is 1. The van der Waals surface area contributed by atoms with Crippen molar-refractivity contribution < 1.29 is 5.11 Å². The van der Waals surface area contributed by atoms with E-state index in [1.165, 1.54) is 18.4 Å². The standard InChI is InChI=1S/C11H19N3O/c1-7(12)11(15)10-8-5-3-4-6-9(8)13-14(10)2/h7,11,15H,3-6,12H2,1-2H3. The first-order valence-corrected chi connectivity index (χ1v) is 5.59. The first kappa shape index (κ1) is 10.6. The van der Waals surface area contributed by atoms with Crippen molar-refractivity contribution >= 4 is 0 Å². The van der Waals surface area contributed by atoms with Crippen molar-refractivity contribution in [2.75, 3.05) is 0 Å². The van der Waals surface area contributed by atoms with E-state index in [0.717, 1.165) is 24.2 Å². The van der Waals surface area contributed by atoms with Gasteiger partial charge in [0.25, 0.3) is 0 Å². The summed E-state index contributed by atoms with van der Waals surface area (Å²) in [4.78, 5) is 0. The van der Waals surface area contributed by atoms with Crippen LogP contribution in [-0.4, -0.2) is 20.9 Å². The van der Waals surface area contributed by atoms with Crippen LogP contribution in [0.25, 0.3) is 0 Å². The van der Waals surface area contributed by atoms with Gasteiger partial charge in [-0.05, 0) is 38.2 Å². The van der Waals surface area contributed by atoms with Crippen LogP contribution in [0.2, 0.25) is 0 Å². The molecule has 1 aliphatic carbocycles. The largest absolute Gasteiger partial charge is 0.385 e. The molecule has 0 radical (unpaired) electrons. The molecule has 0 amide bonds. The molecule has 1 heterocycles. The van der Waals surface area contributed by atoms with E-state index in [0.29, 0.717) is 0 Å². The number of hydrogen-bond donors (Lipinski definition) is 2. The Labute approximate surface area is 90.1 Å². The van der Waals surface area contributed by atoms with Crippen LogP contribution in [0.5, 0.6) is 0 Å². The number of aromatic nitrogens is 2. The fourth-order valence-corrected chi connectivity index (χ4v) is 2.32. The zero-order chi connectivity index (χ0) is 11.0. The second-order valence-electron chi connectivity index (χ2n) is 4.45. The average molecular weight is 209 g/mol. The Bertz CT molecular complexity index is 357. The quantitative estimate of drug-likeness (QED) is 0.753. The Kier molecular flexibility index (Phi) is 2.80. The number of fused-ring (bicyclic) bond motifs is 1. The first-order valence-electron chi connectivity index (χ1n) is 5.59. The van der Waals surface area contributed by atoms with Crippen LogP contribution in [0.15, 0.2) is 0 Å². The highest BCUT2D eigenvalue weighted by molar-refractivity contribution is 5.30. The summed E-state index contributed by atoms with van der Waals surface area (Å²) in [5.74, 6) is 0. The van der Waals surface area contributed by atoms with E-state index in [4.69, 9.17) is 5.73 Å². The van der Waals surface area contributed by atoms with Gasteiger partial charge in [-0.15, -0.1) is 0 Å². The molecule has 2 atom stereocenters. The molecule has 0 saturated carbocycles. The Morgan fingerprint density at radius 3 is 2.73 bits per heavy atom. The number of hydrogen-bond acceptors (Lipinski definition) is 3. The minimum atomic E-state index is -0.593. The minimum absolute atomic E-state index is 0.244. The molecule has 1 aromatic heterocycles. The summed E-state index contributed by atoms with van der Waals surface area (Å²) in [6, 6.07) is -0.244. The molecule has 15 heavy (non-hydrogen) atoms. The minimum Gasteiger partial charge on any atom is -0.385 e. The van der Waals surface area contributed by atoms with Gasteiger partial charge in [0.05, 0.1) is 11.4 Å². The van der Waals surface area contributed by atoms with Gasteiger partial charge in [0.1, 0.15) is 6.10 Å². The van der Waals surface area contributed by atoms with E-state index in [-0.39, 0.29) is 6.04 Å². The predicted octanol–water partition coefficient (Wildman–Crippen LogP) is 0.679. The van der Waals surface area contributed by atoms with Gasteiger partial charge in [-0.2, -0.15) is 5.10 Å². The third kappa shape index (κ3) is 1.79. The monoisotopic (exact) mass is 209 g/mol. The van der Waals surface area contributed by atoms with Gasteiger partial charge in [-0.3, -0.25) is 4.68 Å². The lowest BCUT2D eigenvalue weighted by atomic mass is 9.93. The van der Waals surface area contributed by atoms with E-state index in [9.17, 15) is 5.11 Å². The highest BCUT2D eigenvalue weighted by Crippen LogP contribution is 2.28. The SMILES string of the molecule is CC(N)C(O)c1c2c(nn1C)CCCC2. The molecule has 4 nitrogen and oxygen atoms in total. The van der Waals surface area contributed by atoms with Crippen LogP contribution in [-0.2, 0) is 19.9 Å². The van der Waals surface area contributed by atoms with Crippen molar-refractivity contribution in [3.63, 3.8) is 0 Å². The zero-order valence-corrected chi connectivity index (χ0v) is 9.40. The number of aliphatic hydroxyl groups is 1. The van der Waals surface area contributed by atoms with E-state index in [1.54, 1.807) is 4.68 Å². The fraction of sp³-hybridized carbons (Fsp3) is 0.727. The molecule has 0 saturated heterocycles. The lowest BCUT2D eigenvalue weighted by molar-refractivity contribution is 0.143. The molecule has 0 aromatic carbocycles. The highest BCUT2D eigenvalue weighted by atomic mass is 16.3. The average Bonchev–Trinajstić information content (AvgIpc) is 2.52. The summed E-state index contributed by atoms with van der Waals surface area (Å²) in [7, 11) is 1.89. The summed E-state index contributed by atoms with van der Waals surface area (Å²) < 4.78 is 1.80. The van der Waals surface area contributed by atoms with Crippen LogP contribution in [0, 0.1) is 0 Å². The van der Waals surface area contributed by atoms with Crippen molar-refractivity contribution in [1.82, 2.24) is 9.78 Å². The Morgan fingerprint density at radius 2 is 2.07 bits per heavy atom. The Hall–Kier alpha value is -0.870. The number of aryl methyl sites for hydroxylation is 2. The van der Waals surface area contributed by atoms with Gasteiger partial charge < -0.3 is 10.8 Å². The summed E-state index contributed by atoms with van der Waals surface area (Å²) in [6.45, 7) is 1.83. The smallest absolute Gasteiger partial charge is 0.111 e. The first-order chi connectivity index (χ1) is 7.11. The normalized spacial score (nSPS) is 19.7. The molecule has 0 fully saturated rings. The molecule has 0 bridgehead atoms. The van der Waals surface area contributed by atoms with Crippen molar-refractivity contribution in [1.29, 1.82) is 0 Å². The topological polar surface area (TPSA) is 64.1 Å². The van der Waals surface area contributed by atoms with E-state index >= 15 is 0 Å². The maximum atomic E-state index is 10.0. The number of rotatable bonds is 2. The van der Waals surface area contributed by atoms with Crippen LogP contribution in [0.4, 0.5) is 0 Å². The maximum absolute atomic E-state index is 10.0. The van der Waals surface area contributed by atoms with E-state index < -0.39 is 6.10 Å². The molecule has 1 aliphatic rings. The molecule has 84 valence electrons. The van der Waals surface area contributed by atoms with Gasteiger partial charge in [0, 0.05) is 13.1 Å². The molecular formula is C11H19N3O. The summed E-state index contributed by atoms with van der Waals surface area (Å²) >= 11 is 0. The summed E-state index contributed by atoms with van der Waals surface area (Å²) in [6.07, 6.45) is 3.87. The van der Waals surface area contributed by atoms with Crippen LogP contribution < -0.4 is 5.73 Å². The molecule has 0 spiro atoms. The molecule has 3 N–H and O–H groups in total. The van der Waals surface area contributed by atoms with Crippen LogP contribution >= 0.6 is 0 Å². The lowest BCUT2D eigenvalue weighted by Crippen LogP contribution is -2.27. The van der Waals surface area contributed by atoms with Crippen LogP contribution in [0.1, 0.15) is 42.8 Å². The van der Waals surface area contributed by atoms with Crippen molar-refractivity contribution in [3.05, 3.63) is 17.0 Å². The molecular weight excluding hydrogens is 190 g/mol. The second kappa shape index (κ2) is 3.94. The van der Waals surface area contributed by atoms with Gasteiger partial charge in [0.15, 0.2) is 0 Å². The summed E-state index contributed by atoms with van der Waals surface area (Å²) in [5, 5.41) is 14.5. The lowest BCUT2D eigenvalue weighted by Gasteiger charge is -2.18. The fourth-order valence-electron chi connectivity index (χ4n) is 2.32. The highest BCUT2D eigenvalue weighted by Gasteiger charge is 2.25. The van der Waals surface area contributed by atoms with Crippen LogP contribution in [0.3, 0.4) is 0 Å². The van der Waals surface area contributed by atoms with Gasteiger partial charge in [0.2, 0.25) is 0 Å². The van der Waals surface area contributed by atoms with Gasteiger partial charge in [-0.1, -0.05) is 0 Å². The third-order valence-corrected chi connectivity index (χ3v) is 3.15. The van der Waals surface area contributed by atoms with E-state index in [2.05, 4.69) is 5.10 Å². The number of nitrogens with two attached hydrogens (primary N) is 1. The Morgan fingerprint density at radius 1 is 1.40 bits per heavy atom. The van der Waals surface area contributed by atoms with Crippen molar-refractivity contribution in [2.24, 2.45) is 12.8 Å². The number of nitrogens with zero attached hydrogens (tertiary/aromatic N) is 2.